The Kier molecular flexibility index (Phi) is 5.38. The minimum absolute atomic E-state index is 0.0861. The first-order valence-corrected chi connectivity index (χ1v) is 6.22. The van der Waals surface area contributed by atoms with Crippen LogP contribution in [-0.4, -0.2) is 22.0 Å². The number of nitro benzene ring substituents is 1. The number of anilines is 1. The number of carboxylic acids is 1. The quantitative estimate of drug-likeness (QED) is 0.619. The van der Waals surface area contributed by atoms with Gasteiger partial charge in [0.15, 0.2) is 0 Å². The highest BCUT2D eigenvalue weighted by Crippen LogP contribution is 2.35. The molecular weight excluding hydrogens is 295 g/mol. The zero-order valence-electron chi connectivity index (χ0n) is 10.0. The van der Waals surface area contributed by atoms with Crippen molar-refractivity contribution in [2.24, 2.45) is 0 Å². The molecule has 0 saturated heterocycles. The Morgan fingerprint density at radius 2 is 2.00 bits per heavy atom. The number of halogens is 2. The van der Waals surface area contributed by atoms with E-state index in [1.54, 1.807) is 0 Å². The van der Waals surface area contributed by atoms with Gasteiger partial charge in [-0.1, -0.05) is 30.1 Å². The number of rotatable bonds is 6. The highest BCUT2D eigenvalue weighted by Gasteiger charge is 2.18. The summed E-state index contributed by atoms with van der Waals surface area (Å²) in [5, 5.41) is 22.5. The number of carbonyl (C=O) groups is 1. The smallest absolute Gasteiger partial charge is 0.305 e. The predicted molar refractivity (Wildman–Crippen MR) is 73.1 cm³/mol. The van der Waals surface area contributed by atoms with Gasteiger partial charge in [-0.3, -0.25) is 14.9 Å². The van der Waals surface area contributed by atoms with Crippen molar-refractivity contribution in [3.05, 3.63) is 32.3 Å². The van der Waals surface area contributed by atoms with Gasteiger partial charge in [-0.2, -0.15) is 0 Å². The van der Waals surface area contributed by atoms with Crippen LogP contribution < -0.4 is 5.32 Å². The highest BCUT2D eigenvalue weighted by molar-refractivity contribution is 6.39. The number of nitro groups is 1. The Hall–Kier alpha value is -1.53. The SMILES string of the molecule is CCC(CC(=O)O)Nc1c(Cl)cc([N+](=O)[O-])cc1Cl. The summed E-state index contributed by atoms with van der Waals surface area (Å²) >= 11 is 11.8. The Bertz CT molecular complexity index is 484. The third kappa shape index (κ3) is 4.25. The largest absolute Gasteiger partial charge is 0.481 e. The van der Waals surface area contributed by atoms with Gasteiger partial charge in [0, 0.05) is 18.2 Å². The first-order chi connectivity index (χ1) is 8.85. The van der Waals surface area contributed by atoms with Crippen molar-refractivity contribution in [2.75, 3.05) is 5.32 Å². The zero-order chi connectivity index (χ0) is 14.6. The summed E-state index contributed by atoms with van der Waals surface area (Å²) in [6.07, 6.45) is 0.454. The maximum Gasteiger partial charge on any atom is 0.305 e. The van der Waals surface area contributed by atoms with Gasteiger partial charge in [-0.25, -0.2) is 0 Å². The highest BCUT2D eigenvalue weighted by atomic mass is 35.5. The van der Waals surface area contributed by atoms with Crippen LogP contribution in [0.2, 0.25) is 10.0 Å². The van der Waals surface area contributed by atoms with Crippen LogP contribution in [0, 0.1) is 10.1 Å². The first-order valence-electron chi connectivity index (χ1n) is 5.46. The lowest BCUT2D eigenvalue weighted by molar-refractivity contribution is -0.384. The zero-order valence-corrected chi connectivity index (χ0v) is 11.5. The van der Waals surface area contributed by atoms with Gasteiger partial charge in [0.1, 0.15) is 0 Å². The second-order valence-corrected chi connectivity index (χ2v) is 4.70. The van der Waals surface area contributed by atoms with Crippen LogP contribution in [0.25, 0.3) is 0 Å². The summed E-state index contributed by atoms with van der Waals surface area (Å²) in [6.45, 7) is 1.81. The fraction of sp³-hybridized carbons (Fsp3) is 0.364. The van der Waals surface area contributed by atoms with Crippen molar-refractivity contribution < 1.29 is 14.8 Å². The molecule has 6 nitrogen and oxygen atoms in total. The van der Waals surface area contributed by atoms with Gasteiger partial charge >= 0.3 is 5.97 Å². The molecule has 0 radical (unpaired) electrons. The standard InChI is InChI=1S/C11H12Cl2N2O4/c1-2-6(3-10(16)17)14-11-8(12)4-7(15(18)19)5-9(11)13/h4-6,14H,2-3H2,1H3,(H,16,17). The Morgan fingerprint density at radius 3 is 2.37 bits per heavy atom. The van der Waals surface area contributed by atoms with E-state index in [4.69, 9.17) is 28.3 Å². The van der Waals surface area contributed by atoms with Crippen molar-refractivity contribution in [1.82, 2.24) is 0 Å². The molecule has 0 fully saturated rings. The van der Waals surface area contributed by atoms with Gasteiger partial charge in [0.2, 0.25) is 0 Å². The normalized spacial score (nSPS) is 11.9. The molecule has 0 aliphatic carbocycles. The Balaban J connectivity index is 3.01. The number of hydrogen-bond donors (Lipinski definition) is 2. The second-order valence-electron chi connectivity index (χ2n) is 3.89. The fourth-order valence-electron chi connectivity index (χ4n) is 1.52. The van der Waals surface area contributed by atoms with E-state index in [2.05, 4.69) is 5.32 Å². The van der Waals surface area contributed by atoms with Crippen molar-refractivity contribution in [3.8, 4) is 0 Å². The van der Waals surface area contributed by atoms with E-state index < -0.39 is 10.9 Å². The van der Waals surface area contributed by atoms with Crippen LogP contribution in [0.5, 0.6) is 0 Å². The van der Waals surface area contributed by atoms with Crippen LogP contribution in [0.15, 0.2) is 12.1 Å². The van der Waals surface area contributed by atoms with Crippen molar-refractivity contribution >= 4 is 40.5 Å². The summed E-state index contributed by atoms with van der Waals surface area (Å²) in [5.74, 6) is -0.950. The molecule has 19 heavy (non-hydrogen) atoms. The summed E-state index contributed by atoms with van der Waals surface area (Å²) in [7, 11) is 0. The molecule has 1 aromatic carbocycles. The minimum Gasteiger partial charge on any atom is -0.481 e. The van der Waals surface area contributed by atoms with Crippen molar-refractivity contribution in [3.63, 3.8) is 0 Å². The molecule has 104 valence electrons. The number of nitrogens with one attached hydrogen (secondary N) is 1. The molecule has 1 atom stereocenters. The maximum absolute atomic E-state index is 10.7. The van der Waals surface area contributed by atoms with Crippen molar-refractivity contribution in [2.45, 2.75) is 25.8 Å². The van der Waals surface area contributed by atoms with E-state index in [1.807, 2.05) is 6.92 Å². The Morgan fingerprint density at radius 1 is 1.47 bits per heavy atom. The first kappa shape index (κ1) is 15.5. The molecule has 0 aliphatic rings. The lowest BCUT2D eigenvalue weighted by Crippen LogP contribution is -2.22. The molecule has 0 aromatic heterocycles. The Labute approximate surface area is 119 Å². The van der Waals surface area contributed by atoms with E-state index in [0.29, 0.717) is 12.1 Å². The molecular formula is C11H12Cl2N2O4. The third-order valence-corrected chi connectivity index (χ3v) is 3.10. The summed E-state index contributed by atoms with van der Waals surface area (Å²) < 4.78 is 0. The van der Waals surface area contributed by atoms with E-state index in [0.717, 1.165) is 0 Å². The molecule has 0 heterocycles. The summed E-state index contributed by atoms with van der Waals surface area (Å²) in [6, 6.07) is 1.99. The lowest BCUT2D eigenvalue weighted by Gasteiger charge is -2.18. The van der Waals surface area contributed by atoms with Crippen LogP contribution in [0.3, 0.4) is 0 Å². The van der Waals surface area contributed by atoms with Gasteiger partial charge in [-0.05, 0) is 6.42 Å². The molecule has 0 amide bonds. The second kappa shape index (κ2) is 6.58. The molecule has 1 aromatic rings. The van der Waals surface area contributed by atoms with E-state index in [1.165, 1.54) is 12.1 Å². The molecule has 0 saturated carbocycles. The molecule has 1 rings (SSSR count). The monoisotopic (exact) mass is 306 g/mol. The number of non-ortho nitro benzene ring substituents is 1. The molecule has 0 bridgehead atoms. The molecule has 8 heteroatoms. The molecule has 0 aliphatic heterocycles. The molecule has 2 N–H and O–H groups in total. The number of aliphatic carboxylic acids is 1. The predicted octanol–water partition coefficient (Wildman–Crippen LogP) is 3.57. The van der Waals surface area contributed by atoms with Gasteiger partial charge < -0.3 is 10.4 Å². The number of carboxylic acid groups (broad SMARTS) is 1. The van der Waals surface area contributed by atoms with E-state index in [9.17, 15) is 14.9 Å². The average molecular weight is 307 g/mol. The summed E-state index contributed by atoms with van der Waals surface area (Å²) in [4.78, 5) is 20.7. The van der Waals surface area contributed by atoms with Crippen LogP contribution >= 0.6 is 23.2 Å². The number of benzene rings is 1. The number of nitrogens with zero attached hydrogens (tertiary/aromatic N) is 1. The van der Waals surface area contributed by atoms with Crippen LogP contribution in [-0.2, 0) is 4.79 Å². The van der Waals surface area contributed by atoms with Gasteiger partial charge in [0.25, 0.3) is 5.69 Å². The van der Waals surface area contributed by atoms with E-state index >= 15 is 0 Å². The van der Waals surface area contributed by atoms with Crippen LogP contribution in [0.1, 0.15) is 19.8 Å². The van der Waals surface area contributed by atoms with Crippen LogP contribution in [0.4, 0.5) is 11.4 Å². The minimum atomic E-state index is -0.950. The van der Waals surface area contributed by atoms with Gasteiger partial charge in [0.05, 0.1) is 27.1 Å². The molecule has 1 unspecified atom stereocenters. The topological polar surface area (TPSA) is 92.5 Å². The maximum atomic E-state index is 10.7. The number of hydrogen-bond acceptors (Lipinski definition) is 4. The summed E-state index contributed by atoms with van der Waals surface area (Å²) in [5.41, 5.74) is 0.0915. The van der Waals surface area contributed by atoms with Gasteiger partial charge in [-0.15, -0.1) is 0 Å². The lowest BCUT2D eigenvalue weighted by atomic mass is 10.1. The molecule has 0 spiro atoms. The average Bonchev–Trinajstić information content (AvgIpc) is 2.31. The van der Waals surface area contributed by atoms with E-state index in [-0.39, 0.29) is 28.2 Å². The van der Waals surface area contributed by atoms with Crippen molar-refractivity contribution in [1.29, 1.82) is 0 Å². The fourth-order valence-corrected chi connectivity index (χ4v) is 2.10. The third-order valence-electron chi connectivity index (χ3n) is 2.50.